The van der Waals surface area contributed by atoms with Crippen LogP contribution in [0.2, 0.25) is 0 Å². The lowest BCUT2D eigenvalue weighted by Gasteiger charge is -1.86. The number of benzene rings is 1. The highest BCUT2D eigenvalue weighted by Gasteiger charge is 2.05. The van der Waals surface area contributed by atoms with Gasteiger partial charge in [0, 0.05) is 0 Å². The van der Waals surface area contributed by atoms with Crippen molar-refractivity contribution in [2.24, 2.45) is 0 Å². The molecule has 0 saturated carbocycles. The van der Waals surface area contributed by atoms with Crippen molar-refractivity contribution < 1.29 is 9.50 Å². The lowest BCUT2D eigenvalue weighted by atomic mass is 10.3. The van der Waals surface area contributed by atoms with Crippen LogP contribution >= 0.6 is 11.3 Å². The van der Waals surface area contributed by atoms with Crippen molar-refractivity contribution in [3.05, 3.63) is 29.0 Å². The smallest absolute Gasteiger partial charge is 0.150 e. The molecule has 1 heterocycles. The van der Waals surface area contributed by atoms with E-state index in [1.807, 2.05) is 0 Å². The average Bonchev–Trinajstić information content (AvgIpc) is 2.49. The Hall–Kier alpha value is -1.000. The van der Waals surface area contributed by atoms with Gasteiger partial charge in [0.25, 0.3) is 0 Å². The monoisotopic (exact) mass is 183 g/mol. The Bertz CT molecular complexity index is 412. The maximum atomic E-state index is 13.0. The Morgan fingerprint density at radius 2 is 2.33 bits per heavy atom. The van der Waals surface area contributed by atoms with Gasteiger partial charge in [-0.3, -0.25) is 0 Å². The molecule has 0 saturated heterocycles. The Morgan fingerprint density at radius 1 is 1.50 bits per heavy atom. The van der Waals surface area contributed by atoms with E-state index in [1.165, 1.54) is 17.4 Å². The average molecular weight is 183 g/mol. The summed E-state index contributed by atoms with van der Waals surface area (Å²) >= 11 is 1.31. The van der Waals surface area contributed by atoms with E-state index in [0.717, 1.165) is 4.70 Å². The van der Waals surface area contributed by atoms with Crippen molar-refractivity contribution in [2.75, 3.05) is 0 Å². The molecule has 0 spiro atoms. The maximum Gasteiger partial charge on any atom is 0.150 e. The zero-order valence-electron chi connectivity index (χ0n) is 6.12. The largest absolute Gasteiger partial charge is 0.389 e. The van der Waals surface area contributed by atoms with Crippen LogP contribution in [0.25, 0.3) is 10.2 Å². The van der Waals surface area contributed by atoms with Gasteiger partial charge in [-0.1, -0.05) is 6.07 Å². The van der Waals surface area contributed by atoms with Crippen molar-refractivity contribution in [1.82, 2.24) is 4.98 Å². The SMILES string of the molecule is OCc1nc2c(F)cccc2s1. The highest BCUT2D eigenvalue weighted by Crippen LogP contribution is 2.23. The van der Waals surface area contributed by atoms with Gasteiger partial charge in [0.1, 0.15) is 16.3 Å². The van der Waals surface area contributed by atoms with Crippen molar-refractivity contribution in [3.63, 3.8) is 0 Å². The van der Waals surface area contributed by atoms with Gasteiger partial charge in [0.15, 0.2) is 0 Å². The first-order valence-electron chi connectivity index (χ1n) is 3.46. The zero-order valence-corrected chi connectivity index (χ0v) is 6.94. The predicted octanol–water partition coefficient (Wildman–Crippen LogP) is 1.93. The first-order chi connectivity index (χ1) is 5.81. The molecule has 0 unspecified atom stereocenters. The predicted molar refractivity (Wildman–Crippen MR) is 45.5 cm³/mol. The second kappa shape index (κ2) is 2.80. The van der Waals surface area contributed by atoms with E-state index in [9.17, 15) is 4.39 Å². The summed E-state index contributed by atoms with van der Waals surface area (Å²) < 4.78 is 13.8. The van der Waals surface area contributed by atoms with Crippen LogP contribution < -0.4 is 0 Å². The molecule has 0 aliphatic heterocycles. The molecule has 12 heavy (non-hydrogen) atoms. The fraction of sp³-hybridized carbons (Fsp3) is 0.125. The molecule has 0 aliphatic rings. The number of hydrogen-bond acceptors (Lipinski definition) is 3. The van der Waals surface area contributed by atoms with Crippen LogP contribution in [0.15, 0.2) is 18.2 Å². The number of fused-ring (bicyclic) bond motifs is 1. The number of halogens is 1. The first kappa shape index (κ1) is 7.64. The van der Waals surface area contributed by atoms with Crippen molar-refractivity contribution in [1.29, 1.82) is 0 Å². The fourth-order valence-electron chi connectivity index (χ4n) is 1.03. The topological polar surface area (TPSA) is 33.1 Å². The number of hydrogen-bond donors (Lipinski definition) is 1. The van der Waals surface area contributed by atoms with Gasteiger partial charge in [-0.15, -0.1) is 11.3 Å². The van der Waals surface area contributed by atoms with Crippen LogP contribution in [0, 0.1) is 5.82 Å². The second-order valence-corrected chi connectivity index (χ2v) is 3.47. The molecule has 0 fully saturated rings. The maximum absolute atomic E-state index is 13.0. The molecule has 4 heteroatoms. The molecule has 2 aromatic rings. The molecule has 1 aromatic heterocycles. The Morgan fingerprint density at radius 3 is 3.00 bits per heavy atom. The number of para-hydroxylation sites is 1. The molecule has 0 amide bonds. The van der Waals surface area contributed by atoms with Crippen LogP contribution in [0.5, 0.6) is 0 Å². The fourth-order valence-corrected chi connectivity index (χ4v) is 1.87. The van der Waals surface area contributed by atoms with E-state index >= 15 is 0 Å². The number of thiazole rings is 1. The minimum atomic E-state index is -0.330. The number of rotatable bonds is 1. The molecule has 0 radical (unpaired) electrons. The number of nitrogens with zero attached hydrogens (tertiary/aromatic N) is 1. The number of aliphatic hydroxyl groups is 1. The third-order valence-electron chi connectivity index (χ3n) is 1.55. The summed E-state index contributed by atoms with van der Waals surface area (Å²) in [5, 5.41) is 9.31. The Balaban J connectivity index is 2.74. The Kier molecular flexibility index (Phi) is 1.78. The van der Waals surface area contributed by atoms with Crippen LogP contribution in [-0.2, 0) is 6.61 Å². The third kappa shape index (κ3) is 1.09. The minimum Gasteiger partial charge on any atom is -0.389 e. The summed E-state index contributed by atoms with van der Waals surface area (Å²) in [7, 11) is 0. The molecular formula is C8H6FNOS. The third-order valence-corrected chi connectivity index (χ3v) is 2.55. The lowest BCUT2D eigenvalue weighted by molar-refractivity contribution is 0.281. The first-order valence-corrected chi connectivity index (χ1v) is 4.27. The molecule has 1 N–H and O–H groups in total. The second-order valence-electron chi connectivity index (χ2n) is 2.35. The summed E-state index contributed by atoms with van der Waals surface area (Å²) in [5.74, 6) is -0.330. The van der Waals surface area contributed by atoms with Crippen molar-refractivity contribution >= 4 is 21.6 Å². The zero-order chi connectivity index (χ0) is 8.55. The molecule has 1 aromatic carbocycles. The van der Waals surface area contributed by atoms with E-state index in [1.54, 1.807) is 12.1 Å². The van der Waals surface area contributed by atoms with E-state index in [4.69, 9.17) is 5.11 Å². The summed E-state index contributed by atoms with van der Waals surface area (Å²) in [5.41, 5.74) is 0.353. The van der Waals surface area contributed by atoms with E-state index in [0.29, 0.717) is 10.5 Å². The highest BCUT2D eigenvalue weighted by atomic mass is 32.1. The molecular weight excluding hydrogens is 177 g/mol. The van der Waals surface area contributed by atoms with Gasteiger partial charge in [0.2, 0.25) is 0 Å². The van der Waals surface area contributed by atoms with Gasteiger partial charge in [-0.05, 0) is 12.1 Å². The normalized spacial score (nSPS) is 10.8. The van der Waals surface area contributed by atoms with Gasteiger partial charge < -0.3 is 5.11 Å². The molecule has 0 aliphatic carbocycles. The van der Waals surface area contributed by atoms with Gasteiger partial charge in [0.05, 0.1) is 11.3 Å². The van der Waals surface area contributed by atoms with E-state index in [2.05, 4.69) is 4.98 Å². The van der Waals surface area contributed by atoms with Crippen LogP contribution in [0.1, 0.15) is 5.01 Å². The minimum absolute atomic E-state index is 0.126. The summed E-state index contributed by atoms with van der Waals surface area (Å²) in [6.45, 7) is -0.126. The van der Waals surface area contributed by atoms with Crippen LogP contribution in [-0.4, -0.2) is 10.1 Å². The summed E-state index contributed by atoms with van der Waals surface area (Å²) in [6.07, 6.45) is 0. The lowest BCUT2D eigenvalue weighted by Crippen LogP contribution is -1.80. The van der Waals surface area contributed by atoms with Crippen LogP contribution in [0.3, 0.4) is 0 Å². The van der Waals surface area contributed by atoms with E-state index < -0.39 is 0 Å². The van der Waals surface area contributed by atoms with E-state index in [-0.39, 0.29) is 12.4 Å². The summed E-state index contributed by atoms with van der Waals surface area (Å²) in [6, 6.07) is 4.79. The van der Waals surface area contributed by atoms with Crippen LogP contribution in [0.4, 0.5) is 4.39 Å². The molecule has 2 rings (SSSR count). The number of aliphatic hydroxyl groups excluding tert-OH is 1. The van der Waals surface area contributed by atoms with Gasteiger partial charge >= 0.3 is 0 Å². The molecule has 0 bridgehead atoms. The quantitative estimate of drug-likeness (QED) is 0.732. The molecule has 0 atom stereocenters. The summed E-state index contributed by atoms with van der Waals surface area (Å²) in [4.78, 5) is 3.92. The molecule has 2 nitrogen and oxygen atoms in total. The highest BCUT2D eigenvalue weighted by molar-refractivity contribution is 7.18. The molecule has 62 valence electrons. The van der Waals surface area contributed by atoms with Crippen molar-refractivity contribution in [2.45, 2.75) is 6.61 Å². The van der Waals surface area contributed by atoms with Gasteiger partial charge in [-0.25, -0.2) is 9.37 Å². The number of aromatic nitrogens is 1. The Labute approximate surface area is 72.3 Å². The van der Waals surface area contributed by atoms with Crippen molar-refractivity contribution in [3.8, 4) is 0 Å². The van der Waals surface area contributed by atoms with Gasteiger partial charge in [-0.2, -0.15) is 0 Å². The standard InChI is InChI=1S/C8H6FNOS/c9-5-2-1-3-6-8(5)10-7(4-11)12-6/h1-3,11H,4H2.